The first-order chi connectivity index (χ1) is 9.75. The van der Waals surface area contributed by atoms with Crippen LogP contribution in [0.4, 0.5) is 0 Å². The maximum absolute atomic E-state index is 12.3. The Labute approximate surface area is 126 Å². The Morgan fingerprint density at radius 3 is 2.75 bits per heavy atom. The molecule has 0 bridgehead atoms. The molecule has 20 heavy (non-hydrogen) atoms. The van der Waals surface area contributed by atoms with Gasteiger partial charge in [0.25, 0.3) is 0 Å². The minimum Gasteiger partial charge on any atom is -0.373 e. The lowest BCUT2D eigenvalue weighted by molar-refractivity contribution is 0.0347. The zero-order valence-corrected chi connectivity index (χ0v) is 12.6. The molecule has 0 amide bonds. The van der Waals surface area contributed by atoms with Crippen molar-refractivity contribution < 1.29 is 9.53 Å². The van der Waals surface area contributed by atoms with E-state index in [9.17, 15) is 4.79 Å². The Morgan fingerprint density at radius 1 is 1.15 bits per heavy atom. The highest BCUT2D eigenvalue weighted by molar-refractivity contribution is 9.10. The highest BCUT2D eigenvalue weighted by Gasteiger charge is 2.25. The molecule has 0 saturated heterocycles. The van der Waals surface area contributed by atoms with Crippen LogP contribution in [0.2, 0.25) is 0 Å². The van der Waals surface area contributed by atoms with Crippen molar-refractivity contribution in [3.63, 3.8) is 0 Å². The minimum absolute atomic E-state index is 0.124. The van der Waals surface area contributed by atoms with Gasteiger partial charge in [-0.2, -0.15) is 0 Å². The first-order valence-corrected chi connectivity index (χ1v) is 7.52. The molecule has 0 radical (unpaired) electrons. The second-order valence-corrected chi connectivity index (χ2v) is 5.77. The third kappa shape index (κ3) is 2.69. The Morgan fingerprint density at radius 2 is 1.95 bits per heavy atom. The molecule has 2 nitrogen and oxygen atoms in total. The summed E-state index contributed by atoms with van der Waals surface area (Å²) in [6, 6.07) is 15.6. The summed E-state index contributed by atoms with van der Waals surface area (Å²) in [4.78, 5) is 12.3. The third-order valence-electron chi connectivity index (χ3n) is 3.62. The number of carbonyl (C=O) groups excluding carboxylic acids is 1. The van der Waals surface area contributed by atoms with Gasteiger partial charge in [0.2, 0.25) is 0 Å². The molecular weight excluding hydrogens is 316 g/mol. The number of rotatable bonds is 3. The average molecular weight is 331 g/mol. The molecule has 0 saturated carbocycles. The van der Waals surface area contributed by atoms with Crippen LogP contribution in [-0.2, 0) is 11.2 Å². The van der Waals surface area contributed by atoms with Gasteiger partial charge in [-0.3, -0.25) is 4.79 Å². The van der Waals surface area contributed by atoms with Crippen molar-refractivity contribution >= 4 is 21.7 Å². The zero-order chi connectivity index (χ0) is 13.9. The van der Waals surface area contributed by atoms with E-state index in [0.717, 1.165) is 22.0 Å². The number of ketones is 1. The maximum atomic E-state index is 12.3. The normalized spacial score (nSPS) is 17.6. The van der Waals surface area contributed by atoms with Crippen LogP contribution in [0, 0.1) is 0 Å². The summed E-state index contributed by atoms with van der Waals surface area (Å²) < 4.78 is 6.85. The summed E-state index contributed by atoms with van der Waals surface area (Å²) in [6.45, 7) is 0.677. The molecule has 0 spiro atoms. The van der Waals surface area contributed by atoms with E-state index in [-0.39, 0.29) is 11.9 Å². The minimum atomic E-state index is -0.151. The van der Waals surface area contributed by atoms with Crippen molar-refractivity contribution in [3.05, 3.63) is 69.7 Å². The lowest BCUT2D eigenvalue weighted by atomic mass is 9.93. The molecule has 2 aromatic carbocycles. The number of fused-ring (bicyclic) bond motifs is 1. The van der Waals surface area contributed by atoms with E-state index in [1.165, 1.54) is 5.56 Å². The van der Waals surface area contributed by atoms with Crippen molar-refractivity contribution in [1.82, 2.24) is 0 Å². The number of benzene rings is 2. The number of Topliss-reactive ketones (excluding diaryl/α,β-unsaturated/α-hetero) is 1. The molecule has 3 rings (SSSR count). The molecule has 1 unspecified atom stereocenters. The van der Waals surface area contributed by atoms with Gasteiger partial charge in [0, 0.05) is 16.5 Å². The van der Waals surface area contributed by atoms with Crippen LogP contribution in [0.1, 0.15) is 34.0 Å². The fourth-order valence-corrected chi connectivity index (χ4v) is 3.29. The summed E-state index contributed by atoms with van der Waals surface area (Å²) in [7, 11) is 0. The van der Waals surface area contributed by atoms with Gasteiger partial charge in [0.1, 0.15) is 0 Å². The van der Waals surface area contributed by atoms with Crippen molar-refractivity contribution in [2.24, 2.45) is 0 Å². The van der Waals surface area contributed by atoms with Crippen LogP contribution in [0.3, 0.4) is 0 Å². The summed E-state index contributed by atoms with van der Waals surface area (Å²) in [5.41, 5.74) is 3.15. The van der Waals surface area contributed by atoms with Gasteiger partial charge in [-0.25, -0.2) is 0 Å². The molecule has 0 aromatic heterocycles. The molecular formula is C17H15BrO2. The van der Waals surface area contributed by atoms with Crippen LogP contribution < -0.4 is 0 Å². The van der Waals surface area contributed by atoms with E-state index in [1.807, 2.05) is 42.5 Å². The number of halogens is 1. The Hall–Kier alpha value is -1.45. The molecule has 0 N–H and O–H groups in total. The molecule has 3 heteroatoms. The van der Waals surface area contributed by atoms with Gasteiger partial charge in [-0.1, -0.05) is 58.4 Å². The van der Waals surface area contributed by atoms with Crippen molar-refractivity contribution in [2.45, 2.75) is 18.9 Å². The zero-order valence-electron chi connectivity index (χ0n) is 11.0. The average Bonchev–Trinajstić information content (AvgIpc) is 2.48. The van der Waals surface area contributed by atoms with Gasteiger partial charge in [0.05, 0.1) is 12.7 Å². The number of hydrogen-bond acceptors (Lipinski definition) is 2. The fourth-order valence-electron chi connectivity index (χ4n) is 2.63. The smallest absolute Gasteiger partial charge is 0.165 e. The highest BCUT2D eigenvalue weighted by Crippen LogP contribution is 2.35. The van der Waals surface area contributed by atoms with Gasteiger partial charge in [0.15, 0.2) is 5.78 Å². The lowest BCUT2D eigenvalue weighted by Crippen LogP contribution is -2.19. The second-order valence-electron chi connectivity index (χ2n) is 4.92. The Kier molecular flexibility index (Phi) is 3.99. The lowest BCUT2D eigenvalue weighted by Gasteiger charge is -2.26. The van der Waals surface area contributed by atoms with Crippen LogP contribution in [-0.4, -0.2) is 12.4 Å². The molecule has 1 aliphatic heterocycles. The van der Waals surface area contributed by atoms with E-state index in [4.69, 9.17) is 4.74 Å². The van der Waals surface area contributed by atoms with Crippen LogP contribution >= 0.6 is 15.9 Å². The van der Waals surface area contributed by atoms with E-state index < -0.39 is 0 Å². The van der Waals surface area contributed by atoms with Gasteiger partial charge < -0.3 is 4.74 Å². The largest absolute Gasteiger partial charge is 0.373 e. The fraction of sp³-hybridized carbons (Fsp3) is 0.235. The van der Waals surface area contributed by atoms with E-state index in [2.05, 4.69) is 22.0 Å². The Bertz CT molecular complexity index is 622. The van der Waals surface area contributed by atoms with E-state index in [1.54, 1.807) is 0 Å². The number of hydrogen-bond donors (Lipinski definition) is 0. The maximum Gasteiger partial charge on any atom is 0.165 e. The van der Waals surface area contributed by atoms with Crippen molar-refractivity contribution in [1.29, 1.82) is 0 Å². The van der Waals surface area contributed by atoms with Crippen LogP contribution in [0.25, 0.3) is 0 Å². The van der Waals surface area contributed by atoms with Crippen LogP contribution in [0.5, 0.6) is 0 Å². The van der Waals surface area contributed by atoms with E-state index >= 15 is 0 Å². The first kappa shape index (κ1) is 13.5. The third-order valence-corrected chi connectivity index (χ3v) is 4.31. The highest BCUT2D eigenvalue weighted by atomic mass is 79.9. The molecule has 1 heterocycles. The summed E-state index contributed by atoms with van der Waals surface area (Å²) in [5, 5.41) is 0. The quantitative estimate of drug-likeness (QED) is 0.782. The predicted octanol–water partition coefficient (Wildman–Crippen LogP) is 4.34. The SMILES string of the molecule is O=C(CC1OCCc2cccc(Br)c21)c1ccccc1. The van der Waals surface area contributed by atoms with Gasteiger partial charge in [-0.15, -0.1) is 0 Å². The first-order valence-electron chi connectivity index (χ1n) is 6.73. The summed E-state index contributed by atoms with van der Waals surface area (Å²) >= 11 is 3.58. The topological polar surface area (TPSA) is 26.3 Å². The van der Waals surface area contributed by atoms with Crippen molar-refractivity contribution in [2.75, 3.05) is 6.61 Å². The van der Waals surface area contributed by atoms with Gasteiger partial charge >= 0.3 is 0 Å². The predicted molar refractivity (Wildman–Crippen MR) is 81.9 cm³/mol. The molecule has 0 aliphatic carbocycles. The monoisotopic (exact) mass is 330 g/mol. The molecule has 2 aromatic rings. The second kappa shape index (κ2) is 5.90. The van der Waals surface area contributed by atoms with Crippen LogP contribution in [0.15, 0.2) is 53.0 Å². The molecule has 1 atom stereocenters. The Balaban J connectivity index is 1.85. The summed E-state index contributed by atoms with van der Waals surface area (Å²) in [5.74, 6) is 0.124. The standard InChI is InChI=1S/C17H15BrO2/c18-14-8-4-7-13-9-10-20-16(17(13)14)11-15(19)12-5-2-1-3-6-12/h1-8,16H,9-11H2. The molecule has 102 valence electrons. The van der Waals surface area contributed by atoms with Crippen molar-refractivity contribution in [3.8, 4) is 0 Å². The summed E-state index contributed by atoms with van der Waals surface area (Å²) in [6.07, 6.45) is 1.15. The number of ether oxygens (including phenoxy) is 1. The molecule has 0 fully saturated rings. The van der Waals surface area contributed by atoms with Gasteiger partial charge in [-0.05, 0) is 23.6 Å². The molecule has 1 aliphatic rings. The van der Waals surface area contributed by atoms with E-state index in [0.29, 0.717) is 13.0 Å². The number of carbonyl (C=O) groups is 1.